The maximum Gasteiger partial charge on any atom is 0.128 e. The van der Waals surface area contributed by atoms with Gasteiger partial charge in [0.25, 0.3) is 0 Å². The van der Waals surface area contributed by atoms with Crippen LogP contribution in [0.2, 0.25) is 0 Å². The molecular weight excluding hydrogens is 557 g/mol. The van der Waals surface area contributed by atoms with Crippen molar-refractivity contribution in [3.05, 3.63) is 126 Å². The van der Waals surface area contributed by atoms with Crippen molar-refractivity contribution in [2.45, 2.75) is 52.4 Å². The van der Waals surface area contributed by atoms with Gasteiger partial charge in [0.1, 0.15) is 10.8 Å². The Hall–Kier alpha value is -4.54. The van der Waals surface area contributed by atoms with E-state index in [1.165, 1.54) is 16.7 Å². The van der Waals surface area contributed by atoms with Gasteiger partial charge in [0.05, 0.1) is 15.9 Å². The summed E-state index contributed by atoms with van der Waals surface area (Å²) in [5.41, 5.74) is 10.00. The molecule has 1 heterocycles. The van der Waals surface area contributed by atoms with Crippen LogP contribution in [0.3, 0.4) is 0 Å². The standard InChI is InChI=1S/C40H38N2OS/c1-39(2,3)30-23-29(37(43)33(24-30)40(4,5)6)25-41-34-17-11-10-15-32(34)38-42-36-31(16-12-18-35(36)44-38)28-21-19-27(20-22-28)26-13-8-7-9-14-26/h7-25,43H,1-6H3. The first-order chi connectivity index (χ1) is 21.0. The number of fused-ring (bicyclic) bond motifs is 1. The number of benzene rings is 5. The Morgan fingerprint density at radius 3 is 2.00 bits per heavy atom. The number of nitrogens with zero attached hydrogens (tertiary/aromatic N) is 2. The van der Waals surface area contributed by atoms with Crippen molar-refractivity contribution >= 4 is 33.5 Å². The van der Waals surface area contributed by atoms with Crippen molar-refractivity contribution in [2.24, 2.45) is 4.99 Å². The van der Waals surface area contributed by atoms with Crippen LogP contribution in [0.1, 0.15) is 58.2 Å². The minimum atomic E-state index is -0.202. The summed E-state index contributed by atoms with van der Waals surface area (Å²) in [6.45, 7) is 13.0. The molecule has 220 valence electrons. The molecule has 0 spiro atoms. The van der Waals surface area contributed by atoms with Crippen molar-refractivity contribution < 1.29 is 5.11 Å². The monoisotopic (exact) mass is 594 g/mol. The van der Waals surface area contributed by atoms with Gasteiger partial charge >= 0.3 is 0 Å². The van der Waals surface area contributed by atoms with Crippen LogP contribution >= 0.6 is 11.3 Å². The van der Waals surface area contributed by atoms with Crippen LogP contribution in [-0.4, -0.2) is 16.3 Å². The lowest BCUT2D eigenvalue weighted by Crippen LogP contribution is -2.17. The number of rotatable bonds is 5. The number of hydrogen-bond donors (Lipinski definition) is 1. The molecule has 0 aliphatic rings. The Bertz CT molecular complexity index is 1970. The zero-order chi connectivity index (χ0) is 31.1. The van der Waals surface area contributed by atoms with Gasteiger partial charge in [-0.15, -0.1) is 11.3 Å². The van der Waals surface area contributed by atoms with E-state index < -0.39 is 0 Å². The third-order valence-corrected chi connectivity index (χ3v) is 9.07. The average Bonchev–Trinajstić information content (AvgIpc) is 3.45. The minimum absolute atomic E-state index is 0.0607. The van der Waals surface area contributed by atoms with Crippen molar-refractivity contribution in [2.75, 3.05) is 0 Å². The van der Waals surface area contributed by atoms with Gasteiger partial charge in [-0.05, 0) is 57.3 Å². The van der Waals surface area contributed by atoms with Crippen LogP contribution in [0.5, 0.6) is 5.75 Å². The van der Waals surface area contributed by atoms with Gasteiger partial charge in [0.2, 0.25) is 0 Å². The summed E-state index contributed by atoms with van der Waals surface area (Å²) in [7, 11) is 0. The predicted molar refractivity (Wildman–Crippen MR) is 189 cm³/mol. The first-order valence-corrected chi connectivity index (χ1v) is 15.9. The first-order valence-electron chi connectivity index (χ1n) is 15.1. The Labute approximate surface area is 264 Å². The molecule has 0 saturated heterocycles. The Morgan fingerprint density at radius 2 is 1.30 bits per heavy atom. The number of thiazole rings is 1. The van der Waals surface area contributed by atoms with Gasteiger partial charge in [0, 0.05) is 28.5 Å². The molecule has 0 atom stereocenters. The number of para-hydroxylation sites is 2. The SMILES string of the molecule is CC(C)(C)c1cc(C=Nc2ccccc2-c2nc3c(-c4ccc(-c5ccccc5)cc4)cccc3s2)c(O)c(C(C)(C)C)c1. The molecular formula is C40H38N2OS. The molecule has 6 aromatic rings. The molecule has 3 nitrogen and oxygen atoms in total. The number of aromatic nitrogens is 1. The van der Waals surface area contributed by atoms with Crippen LogP contribution in [0.25, 0.3) is 43.0 Å². The summed E-state index contributed by atoms with van der Waals surface area (Å²) < 4.78 is 1.13. The van der Waals surface area contributed by atoms with Crippen molar-refractivity contribution in [3.8, 4) is 38.6 Å². The number of aromatic hydroxyl groups is 1. The summed E-state index contributed by atoms with van der Waals surface area (Å²) in [6.07, 6.45) is 1.80. The van der Waals surface area contributed by atoms with Crippen LogP contribution in [0.4, 0.5) is 5.69 Å². The summed E-state index contributed by atoms with van der Waals surface area (Å²) >= 11 is 1.68. The fourth-order valence-corrected chi connectivity index (χ4v) is 6.46. The van der Waals surface area contributed by atoms with Crippen molar-refractivity contribution in [3.63, 3.8) is 0 Å². The van der Waals surface area contributed by atoms with Crippen molar-refractivity contribution in [1.82, 2.24) is 4.98 Å². The molecule has 0 saturated carbocycles. The normalized spacial score (nSPS) is 12.3. The molecule has 1 N–H and O–H groups in total. The number of aliphatic imine (C=N–C) groups is 1. The van der Waals surface area contributed by atoms with E-state index >= 15 is 0 Å². The van der Waals surface area contributed by atoms with E-state index in [0.717, 1.165) is 48.7 Å². The highest BCUT2D eigenvalue weighted by atomic mass is 32.1. The van der Waals surface area contributed by atoms with E-state index in [1.807, 2.05) is 24.3 Å². The maximum atomic E-state index is 11.3. The van der Waals surface area contributed by atoms with Gasteiger partial charge in [-0.25, -0.2) is 4.98 Å². The van der Waals surface area contributed by atoms with Gasteiger partial charge in [-0.1, -0.05) is 126 Å². The number of phenols is 1. The highest BCUT2D eigenvalue weighted by molar-refractivity contribution is 7.21. The number of hydrogen-bond acceptors (Lipinski definition) is 4. The van der Waals surface area contributed by atoms with E-state index in [1.54, 1.807) is 17.6 Å². The lowest BCUT2D eigenvalue weighted by Gasteiger charge is -2.27. The Morgan fingerprint density at radius 1 is 0.659 bits per heavy atom. The second-order valence-corrected chi connectivity index (χ2v) is 14.4. The second-order valence-electron chi connectivity index (χ2n) is 13.4. The third kappa shape index (κ3) is 5.95. The van der Waals surface area contributed by atoms with Gasteiger partial charge in [-0.3, -0.25) is 4.99 Å². The van der Waals surface area contributed by atoms with Crippen LogP contribution in [0, 0.1) is 0 Å². The van der Waals surface area contributed by atoms with Crippen LogP contribution < -0.4 is 0 Å². The molecule has 0 bridgehead atoms. The predicted octanol–water partition coefficient (Wildman–Crippen LogP) is 11.3. The minimum Gasteiger partial charge on any atom is -0.507 e. The Balaban J connectivity index is 1.38. The first kappa shape index (κ1) is 29.5. The lowest BCUT2D eigenvalue weighted by molar-refractivity contribution is 0.444. The van der Waals surface area contributed by atoms with Crippen molar-refractivity contribution in [1.29, 1.82) is 0 Å². The fourth-order valence-electron chi connectivity index (χ4n) is 5.44. The van der Waals surface area contributed by atoms with E-state index in [4.69, 9.17) is 9.98 Å². The molecule has 0 aliphatic carbocycles. The molecule has 0 amide bonds. The summed E-state index contributed by atoms with van der Waals surface area (Å²) in [5.74, 6) is 0.287. The Kier molecular flexibility index (Phi) is 7.73. The summed E-state index contributed by atoms with van der Waals surface area (Å²) in [6, 6.07) is 37.8. The highest BCUT2D eigenvalue weighted by Crippen LogP contribution is 2.40. The molecule has 0 unspecified atom stereocenters. The molecule has 44 heavy (non-hydrogen) atoms. The smallest absolute Gasteiger partial charge is 0.128 e. The van der Waals surface area contributed by atoms with E-state index in [2.05, 4.69) is 126 Å². The zero-order valence-corrected chi connectivity index (χ0v) is 27.0. The largest absolute Gasteiger partial charge is 0.507 e. The second kappa shape index (κ2) is 11.5. The lowest BCUT2D eigenvalue weighted by atomic mass is 9.79. The molecule has 4 heteroatoms. The van der Waals surface area contributed by atoms with E-state index in [-0.39, 0.29) is 16.6 Å². The highest BCUT2D eigenvalue weighted by Gasteiger charge is 2.24. The summed E-state index contributed by atoms with van der Waals surface area (Å²) in [5, 5.41) is 12.2. The third-order valence-electron chi connectivity index (χ3n) is 8.01. The van der Waals surface area contributed by atoms with Crippen LogP contribution in [0.15, 0.2) is 114 Å². The van der Waals surface area contributed by atoms with Gasteiger partial charge < -0.3 is 5.11 Å². The van der Waals surface area contributed by atoms with Crippen LogP contribution in [-0.2, 0) is 10.8 Å². The number of phenolic OH excluding ortho intramolecular Hbond substituents is 1. The topological polar surface area (TPSA) is 45.5 Å². The maximum absolute atomic E-state index is 11.3. The zero-order valence-electron chi connectivity index (χ0n) is 26.2. The average molecular weight is 595 g/mol. The molecule has 5 aromatic carbocycles. The quantitative estimate of drug-likeness (QED) is 0.202. The molecule has 0 fully saturated rings. The molecule has 0 radical (unpaired) electrons. The molecule has 0 aliphatic heterocycles. The van der Waals surface area contributed by atoms with Gasteiger partial charge in [0.15, 0.2) is 0 Å². The fraction of sp³-hybridized carbons (Fsp3) is 0.200. The van der Waals surface area contributed by atoms with E-state index in [9.17, 15) is 5.11 Å². The van der Waals surface area contributed by atoms with Gasteiger partial charge in [-0.2, -0.15) is 0 Å². The molecule has 1 aromatic heterocycles. The molecule has 6 rings (SSSR count). The van der Waals surface area contributed by atoms with E-state index in [0.29, 0.717) is 0 Å². The summed E-state index contributed by atoms with van der Waals surface area (Å²) in [4.78, 5) is 10.1.